The molecular formula is C7H13NO3. The second kappa shape index (κ2) is 3.69. The Balaban J connectivity index is 2.23. The maximum atomic E-state index is 10.3. The summed E-state index contributed by atoms with van der Waals surface area (Å²) < 4.78 is 5.09. The summed E-state index contributed by atoms with van der Waals surface area (Å²) in [4.78, 5) is 10.3. The zero-order chi connectivity index (χ0) is 8.27. The SMILES string of the molecule is N[C@@H](C[C@H]1CCOC1)C(=O)O. The topological polar surface area (TPSA) is 72.5 Å². The van der Waals surface area contributed by atoms with Crippen molar-refractivity contribution >= 4 is 5.97 Å². The van der Waals surface area contributed by atoms with Crippen LogP contribution in [0.25, 0.3) is 0 Å². The van der Waals surface area contributed by atoms with E-state index in [1.54, 1.807) is 0 Å². The number of hydrogen-bond acceptors (Lipinski definition) is 3. The minimum absolute atomic E-state index is 0.348. The third kappa shape index (κ3) is 2.48. The summed E-state index contributed by atoms with van der Waals surface area (Å²) in [6.07, 6.45) is 1.48. The summed E-state index contributed by atoms with van der Waals surface area (Å²) in [6.45, 7) is 1.41. The predicted molar refractivity (Wildman–Crippen MR) is 39.2 cm³/mol. The number of carboxylic acid groups (broad SMARTS) is 1. The molecule has 4 nitrogen and oxygen atoms in total. The summed E-state index contributed by atoms with van der Waals surface area (Å²) in [5.41, 5.74) is 5.34. The summed E-state index contributed by atoms with van der Waals surface area (Å²) in [7, 11) is 0. The number of nitrogens with two attached hydrogens (primary N) is 1. The number of carbonyl (C=O) groups is 1. The van der Waals surface area contributed by atoms with Crippen LogP contribution >= 0.6 is 0 Å². The highest BCUT2D eigenvalue weighted by Gasteiger charge is 2.21. The third-order valence-corrected chi connectivity index (χ3v) is 1.93. The van der Waals surface area contributed by atoms with Crippen molar-refractivity contribution in [2.24, 2.45) is 11.7 Å². The monoisotopic (exact) mass is 159 g/mol. The van der Waals surface area contributed by atoms with E-state index >= 15 is 0 Å². The van der Waals surface area contributed by atoms with Crippen LogP contribution in [-0.2, 0) is 9.53 Å². The minimum atomic E-state index is -0.920. The van der Waals surface area contributed by atoms with Gasteiger partial charge in [0.1, 0.15) is 6.04 Å². The molecule has 4 heteroatoms. The van der Waals surface area contributed by atoms with Crippen LogP contribution in [0.15, 0.2) is 0 Å². The molecule has 0 radical (unpaired) electrons. The van der Waals surface area contributed by atoms with Crippen molar-refractivity contribution in [3.05, 3.63) is 0 Å². The molecule has 1 rings (SSSR count). The normalized spacial score (nSPS) is 26.8. The lowest BCUT2D eigenvalue weighted by Gasteiger charge is -2.10. The Morgan fingerprint density at radius 1 is 1.82 bits per heavy atom. The van der Waals surface area contributed by atoms with Gasteiger partial charge in [0.25, 0.3) is 0 Å². The van der Waals surface area contributed by atoms with Crippen molar-refractivity contribution in [3.63, 3.8) is 0 Å². The van der Waals surface area contributed by atoms with Gasteiger partial charge in [-0.2, -0.15) is 0 Å². The van der Waals surface area contributed by atoms with Gasteiger partial charge in [0.2, 0.25) is 0 Å². The molecule has 0 aliphatic carbocycles. The van der Waals surface area contributed by atoms with Gasteiger partial charge < -0.3 is 15.6 Å². The van der Waals surface area contributed by atoms with Gasteiger partial charge in [-0.25, -0.2) is 0 Å². The average Bonchev–Trinajstić information content (AvgIpc) is 2.39. The quantitative estimate of drug-likeness (QED) is 0.599. The van der Waals surface area contributed by atoms with Crippen molar-refractivity contribution in [3.8, 4) is 0 Å². The molecule has 0 aromatic rings. The van der Waals surface area contributed by atoms with Gasteiger partial charge in [-0.05, 0) is 18.8 Å². The Morgan fingerprint density at radius 3 is 3.00 bits per heavy atom. The number of aliphatic carboxylic acids is 1. The van der Waals surface area contributed by atoms with E-state index in [-0.39, 0.29) is 0 Å². The highest BCUT2D eigenvalue weighted by Crippen LogP contribution is 2.17. The minimum Gasteiger partial charge on any atom is -0.480 e. The van der Waals surface area contributed by atoms with E-state index in [1.165, 1.54) is 0 Å². The molecule has 0 aromatic carbocycles. The molecule has 1 fully saturated rings. The van der Waals surface area contributed by atoms with Crippen LogP contribution in [-0.4, -0.2) is 30.3 Å². The predicted octanol–water partition coefficient (Wildman–Crippen LogP) is -0.175. The molecule has 0 unspecified atom stereocenters. The van der Waals surface area contributed by atoms with Crippen molar-refractivity contribution in [1.82, 2.24) is 0 Å². The molecule has 2 atom stereocenters. The van der Waals surface area contributed by atoms with Crippen LogP contribution in [0.4, 0.5) is 0 Å². The highest BCUT2D eigenvalue weighted by atomic mass is 16.5. The molecule has 3 N–H and O–H groups in total. The maximum Gasteiger partial charge on any atom is 0.320 e. The molecule has 1 heterocycles. The van der Waals surface area contributed by atoms with E-state index in [0.29, 0.717) is 18.9 Å². The largest absolute Gasteiger partial charge is 0.480 e. The number of carboxylic acids is 1. The molecule has 0 aromatic heterocycles. The van der Waals surface area contributed by atoms with E-state index in [2.05, 4.69) is 0 Å². The summed E-state index contributed by atoms with van der Waals surface area (Å²) in [6, 6.07) is -0.721. The first-order chi connectivity index (χ1) is 5.20. The smallest absolute Gasteiger partial charge is 0.320 e. The molecule has 0 spiro atoms. The lowest BCUT2D eigenvalue weighted by atomic mass is 10.00. The Labute approximate surface area is 65.3 Å². The van der Waals surface area contributed by atoms with E-state index in [1.807, 2.05) is 0 Å². The summed E-state index contributed by atoms with van der Waals surface area (Å²) in [5.74, 6) is -0.571. The third-order valence-electron chi connectivity index (χ3n) is 1.93. The number of rotatable bonds is 3. The Hall–Kier alpha value is -0.610. The fourth-order valence-electron chi connectivity index (χ4n) is 1.23. The molecule has 0 bridgehead atoms. The fraction of sp³-hybridized carbons (Fsp3) is 0.857. The van der Waals surface area contributed by atoms with E-state index in [0.717, 1.165) is 13.0 Å². The Morgan fingerprint density at radius 2 is 2.55 bits per heavy atom. The van der Waals surface area contributed by atoms with E-state index in [4.69, 9.17) is 15.6 Å². The van der Waals surface area contributed by atoms with Gasteiger partial charge in [-0.3, -0.25) is 4.79 Å². The van der Waals surface area contributed by atoms with Gasteiger partial charge in [-0.15, -0.1) is 0 Å². The number of ether oxygens (including phenoxy) is 1. The van der Waals surface area contributed by atoms with Crippen LogP contribution in [0.5, 0.6) is 0 Å². The summed E-state index contributed by atoms with van der Waals surface area (Å²) >= 11 is 0. The van der Waals surface area contributed by atoms with E-state index in [9.17, 15) is 4.79 Å². The van der Waals surface area contributed by atoms with Crippen LogP contribution in [0, 0.1) is 5.92 Å². The molecule has 1 saturated heterocycles. The lowest BCUT2D eigenvalue weighted by Crippen LogP contribution is -2.32. The second-order valence-corrected chi connectivity index (χ2v) is 2.91. The van der Waals surface area contributed by atoms with Crippen molar-refractivity contribution in [1.29, 1.82) is 0 Å². The van der Waals surface area contributed by atoms with Gasteiger partial charge >= 0.3 is 5.97 Å². The first-order valence-electron chi connectivity index (χ1n) is 3.76. The molecule has 1 aliphatic heterocycles. The van der Waals surface area contributed by atoms with Gasteiger partial charge in [0.15, 0.2) is 0 Å². The van der Waals surface area contributed by atoms with Gasteiger partial charge in [-0.1, -0.05) is 0 Å². The van der Waals surface area contributed by atoms with Crippen LogP contribution in [0.1, 0.15) is 12.8 Å². The lowest BCUT2D eigenvalue weighted by molar-refractivity contribution is -0.138. The second-order valence-electron chi connectivity index (χ2n) is 2.91. The molecular weight excluding hydrogens is 146 g/mol. The van der Waals surface area contributed by atoms with E-state index < -0.39 is 12.0 Å². The molecule has 11 heavy (non-hydrogen) atoms. The van der Waals surface area contributed by atoms with Crippen molar-refractivity contribution in [2.45, 2.75) is 18.9 Å². The highest BCUT2D eigenvalue weighted by molar-refractivity contribution is 5.73. The standard InChI is InChI=1S/C7H13NO3/c8-6(7(9)10)3-5-1-2-11-4-5/h5-6H,1-4,8H2,(H,9,10)/t5-,6+/m1/s1. The Bertz CT molecular complexity index is 143. The molecule has 0 amide bonds. The zero-order valence-corrected chi connectivity index (χ0v) is 6.32. The maximum absolute atomic E-state index is 10.3. The van der Waals surface area contributed by atoms with Crippen molar-refractivity contribution in [2.75, 3.05) is 13.2 Å². The average molecular weight is 159 g/mol. The Kier molecular flexibility index (Phi) is 2.84. The number of hydrogen-bond donors (Lipinski definition) is 2. The first kappa shape index (κ1) is 8.49. The van der Waals surface area contributed by atoms with Crippen LogP contribution in [0.2, 0.25) is 0 Å². The van der Waals surface area contributed by atoms with Crippen LogP contribution in [0.3, 0.4) is 0 Å². The van der Waals surface area contributed by atoms with Gasteiger partial charge in [0.05, 0.1) is 0 Å². The van der Waals surface area contributed by atoms with Crippen molar-refractivity contribution < 1.29 is 14.6 Å². The summed E-state index contributed by atoms with van der Waals surface area (Å²) in [5, 5.41) is 8.48. The molecule has 64 valence electrons. The molecule has 1 aliphatic rings. The van der Waals surface area contributed by atoms with Gasteiger partial charge in [0, 0.05) is 13.2 Å². The first-order valence-corrected chi connectivity index (χ1v) is 3.76. The zero-order valence-electron chi connectivity index (χ0n) is 6.32. The molecule has 0 saturated carbocycles. The fourth-order valence-corrected chi connectivity index (χ4v) is 1.23. The van der Waals surface area contributed by atoms with Crippen LogP contribution < -0.4 is 5.73 Å².